The molecule has 1 N–H and O–H groups in total. The van der Waals surface area contributed by atoms with Crippen LogP contribution in [0.4, 0.5) is 5.69 Å². The second-order valence-corrected chi connectivity index (χ2v) is 9.38. The standard InChI is InChI=1S/C21H25ClN2O4S/c1-4-14-6-7-15(5-2)16(10-14)12-23-21(25)20-13-24(29(3,26)27)18-11-17(22)8-9-19(18)28-20/h6-11,20H,4-5,12-13H2,1-3H3,(H,23,25)/t20-/m1/s1. The second kappa shape index (κ2) is 8.63. The van der Waals surface area contributed by atoms with Gasteiger partial charge in [-0.2, -0.15) is 0 Å². The van der Waals surface area contributed by atoms with Gasteiger partial charge >= 0.3 is 0 Å². The number of nitrogens with zero attached hydrogens (tertiary/aromatic N) is 1. The quantitative estimate of drug-likeness (QED) is 0.753. The van der Waals surface area contributed by atoms with Gasteiger partial charge in [-0.1, -0.05) is 43.6 Å². The number of carbonyl (C=O) groups is 1. The maximum atomic E-state index is 12.8. The number of anilines is 1. The second-order valence-electron chi connectivity index (χ2n) is 7.04. The van der Waals surface area contributed by atoms with E-state index in [1.54, 1.807) is 12.1 Å². The topological polar surface area (TPSA) is 75.7 Å². The molecule has 0 fully saturated rings. The summed E-state index contributed by atoms with van der Waals surface area (Å²) < 4.78 is 31.5. The summed E-state index contributed by atoms with van der Waals surface area (Å²) in [5.74, 6) is -0.0448. The molecule has 1 heterocycles. The van der Waals surface area contributed by atoms with Crippen LogP contribution in [-0.4, -0.2) is 33.2 Å². The van der Waals surface area contributed by atoms with E-state index in [4.69, 9.17) is 16.3 Å². The third-order valence-corrected chi connectivity index (χ3v) is 6.38. The average molecular weight is 437 g/mol. The van der Waals surface area contributed by atoms with E-state index in [2.05, 4.69) is 37.4 Å². The molecule has 0 aliphatic carbocycles. The summed E-state index contributed by atoms with van der Waals surface area (Å²) in [5, 5.41) is 3.29. The van der Waals surface area contributed by atoms with Crippen LogP contribution in [0.25, 0.3) is 0 Å². The lowest BCUT2D eigenvalue weighted by Crippen LogP contribution is -2.50. The van der Waals surface area contributed by atoms with Crippen molar-refractivity contribution in [1.29, 1.82) is 0 Å². The van der Waals surface area contributed by atoms with Gasteiger partial charge in [0.15, 0.2) is 6.10 Å². The number of amides is 1. The van der Waals surface area contributed by atoms with Crippen LogP contribution in [0, 0.1) is 0 Å². The molecule has 1 aliphatic rings. The molecule has 0 spiro atoms. The molecule has 156 valence electrons. The van der Waals surface area contributed by atoms with Crippen molar-refractivity contribution in [1.82, 2.24) is 5.32 Å². The van der Waals surface area contributed by atoms with Gasteiger partial charge in [-0.3, -0.25) is 9.10 Å². The van der Waals surface area contributed by atoms with Crippen molar-refractivity contribution in [3.05, 3.63) is 58.1 Å². The van der Waals surface area contributed by atoms with Crippen molar-refractivity contribution in [2.24, 2.45) is 0 Å². The first-order valence-electron chi connectivity index (χ1n) is 9.55. The summed E-state index contributed by atoms with van der Waals surface area (Å²) in [6.45, 7) is 4.42. The number of carbonyl (C=O) groups excluding carboxylic acids is 1. The largest absolute Gasteiger partial charge is 0.476 e. The normalized spacial score (nSPS) is 16.1. The molecule has 8 heteroatoms. The Kier molecular flexibility index (Phi) is 6.39. The van der Waals surface area contributed by atoms with Crippen LogP contribution in [-0.2, 0) is 34.2 Å². The lowest BCUT2D eigenvalue weighted by Gasteiger charge is -2.34. The molecule has 0 saturated heterocycles. The van der Waals surface area contributed by atoms with Gasteiger partial charge in [0.05, 0.1) is 18.5 Å². The molecule has 1 amide bonds. The average Bonchev–Trinajstić information content (AvgIpc) is 2.70. The number of hydrogen-bond acceptors (Lipinski definition) is 4. The first kappa shape index (κ1) is 21.5. The molecule has 3 rings (SSSR count). The lowest BCUT2D eigenvalue weighted by molar-refractivity contribution is -0.127. The number of nitrogens with one attached hydrogen (secondary N) is 1. The van der Waals surface area contributed by atoms with E-state index in [0.29, 0.717) is 23.0 Å². The van der Waals surface area contributed by atoms with Crippen LogP contribution < -0.4 is 14.4 Å². The zero-order chi connectivity index (χ0) is 21.2. The molecule has 0 saturated carbocycles. The minimum atomic E-state index is -3.59. The smallest absolute Gasteiger partial charge is 0.263 e. The first-order valence-corrected chi connectivity index (χ1v) is 11.8. The molecular weight excluding hydrogens is 412 g/mol. The molecule has 2 aromatic carbocycles. The van der Waals surface area contributed by atoms with E-state index < -0.39 is 16.1 Å². The van der Waals surface area contributed by atoms with Crippen LogP contribution in [0.5, 0.6) is 5.75 Å². The van der Waals surface area contributed by atoms with E-state index >= 15 is 0 Å². The third kappa shape index (κ3) is 4.85. The zero-order valence-corrected chi connectivity index (χ0v) is 18.3. The molecule has 0 bridgehead atoms. The Morgan fingerprint density at radius 2 is 1.93 bits per heavy atom. The Bertz CT molecular complexity index is 1020. The fraction of sp³-hybridized carbons (Fsp3) is 0.381. The highest BCUT2D eigenvalue weighted by Crippen LogP contribution is 2.37. The van der Waals surface area contributed by atoms with Gasteiger partial charge in [-0.25, -0.2) is 8.42 Å². The van der Waals surface area contributed by atoms with Gasteiger partial charge in [-0.05, 0) is 47.7 Å². The van der Waals surface area contributed by atoms with Gasteiger partial charge < -0.3 is 10.1 Å². The summed E-state index contributed by atoms with van der Waals surface area (Å²) in [7, 11) is -3.59. The molecule has 6 nitrogen and oxygen atoms in total. The minimum absolute atomic E-state index is 0.104. The Morgan fingerprint density at radius 1 is 1.17 bits per heavy atom. The van der Waals surface area contributed by atoms with Crippen LogP contribution in [0.1, 0.15) is 30.5 Å². The number of benzene rings is 2. The number of aryl methyl sites for hydroxylation is 2. The lowest BCUT2D eigenvalue weighted by atomic mass is 10.0. The summed E-state index contributed by atoms with van der Waals surface area (Å²) >= 11 is 6.01. The van der Waals surface area contributed by atoms with E-state index in [-0.39, 0.29) is 12.5 Å². The Hall–Kier alpha value is -2.25. The number of rotatable bonds is 6. The molecule has 29 heavy (non-hydrogen) atoms. The third-order valence-electron chi connectivity index (χ3n) is 5.00. The molecule has 0 unspecified atom stereocenters. The van der Waals surface area contributed by atoms with Crippen molar-refractivity contribution < 1.29 is 17.9 Å². The van der Waals surface area contributed by atoms with Crippen LogP contribution in [0.3, 0.4) is 0 Å². The van der Waals surface area contributed by atoms with Gasteiger partial charge in [0.2, 0.25) is 10.0 Å². The Balaban J connectivity index is 1.79. The van der Waals surface area contributed by atoms with Gasteiger partial charge in [-0.15, -0.1) is 0 Å². The number of halogens is 1. The molecule has 1 atom stereocenters. The number of sulfonamides is 1. The molecular formula is C21H25ClN2O4S. The van der Waals surface area contributed by atoms with Gasteiger partial charge in [0.1, 0.15) is 5.75 Å². The fourth-order valence-electron chi connectivity index (χ4n) is 3.38. The highest BCUT2D eigenvalue weighted by Gasteiger charge is 2.35. The van der Waals surface area contributed by atoms with E-state index in [0.717, 1.165) is 29.0 Å². The van der Waals surface area contributed by atoms with E-state index in [1.165, 1.54) is 17.2 Å². The van der Waals surface area contributed by atoms with Gasteiger partial charge in [0.25, 0.3) is 5.91 Å². The summed E-state index contributed by atoms with van der Waals surface area (Å²) in [6.07, 6.45) is 1.93. The van der Waals surface area contributed by atoms with E-state index in [9.17, 15) is 13.2 Å². The predicted molar refractivity (Wildman–Crippen MR) is 115 cm³/mol. The summed E-state index contributed by atoms with van der Waals surface area (Å²) in [6, 6.07) is 11.0. The number of hydrogen-bond donors (Lipinski definition) is 1. The number of ether oxygens (including phenoxy) is 1. The maximum Gasteiger partial charge on any atom is 0.263 e. The maximum absolute atomic E-state index is 12.8. The summed E-state index contributed by atoms with van der Waals surface area (Å²) in [4.78, 5) is 12.8. The van der Waals surface area contributed by atoms with Crippen LogP contribution in [0.2, 0.25) is 5.02 Å². The molecule has 0 aromatic heterocycles. The van der Waals surface area contributed by atoms with Gasteiger partial charge in [0, 0.05) is 11.6 Å². The van der Waals surface area contributed by atoms with Crippen molar-refractivity contribution in [2.45, 2.75) is 39.3 Å². The highest BCUT2D eigenvalue weighted by molar-refractivity contribution is 7.92. The SMILES string of the molecule is CCc1ccc(CC)c(CNC(=O)[C@H]2CN(S(C)(=O)=O)c3cc(Cl)ccc3O2)c1. The molecule has 2 aromatic rings. The Morgan fingerprint density at radius 3 is 2.59 bits per heavy atom. The van der Waals surface area contributed by atoms with Crippen molar-refractivity contribution in [2.75, 3.05) is 17.1 Å². The van der Waals surface area contributed by atoms with Crippen LogP contribution in [0.15, 0.2) is 36.4 Å². The first-order chi connectivity index (χ1) is 13.7. The monoisotopic (exact) mass is 436 g/mol. The predicted octanol–water partition coefficient (Wildman–Crippen LogP) is 3.31. The Labute approximate surface area is 176 Å². The van der Waals surface area contributed by atoms with Crippen molar-refractivity contribution >= 4 is 33.2 Å². The van der Waals surface area contributed by atoms with Crippen molar-refractivity contribution in [3.8, 4) is 5.75 Å². The van der Waals surface area contributed by atoms with Crippen LogP contribution >= 0.6 is 11.6 Å². The molecule has 1 aliphatic heterocycles. The number of fused-ring (bicyclic) bond motifs is 1. The fourth-order valence-corrected chi connectivity index (χ4v) is 4.45. The highest BCUT2D eigenvalue weighted by atomic mass is 35.5. The molecule has 0 radical (unpaired) electrons. The summed E-state index contributed by atoms with van der Waals surface area (Å²) in [5.41, 5.74) is 3.77. The zero-order valence-electron chi connectivity index (χ0n) is 16.7. The van der Waals surface area contributed by atoms with Crippen molar-refractivity contribution in [3.63, 3.8) is 0 Å². The van der Waals surface area contributed by atoms with E-state index in [1.807, 2.05) is 0 Å². The minimum Gasteiger partial charge on any atom is -0.476 e.